The third-order valence-corrected chi connectivity index (χ3v) is 5.74. The van der Waals surface area contributed by atoms with Gasteiger partial charge in [0, 0.05) is 19.6 Å². The van der Waals surface area contributed by atoms with Crippen LogP contribution in [0.25, 0.3) is 0 Å². The summed E-state index contributed by atoms with van der Waals surface area (Å²) in [4.78, 5) is 0. The van der Waals surface area contributed by atoms with Crippen LogP contribution in [0.1, 0.15) is 27.2 Å². The van der Waals surface area contributed by atoms with Crippen LogP contribution in [-0.4, -0.2) is 29.4 Å². The molecule has 3 nitrogen and oxygen atoms in total. The molecule has 16 heavy (non-hydrogen) atoms. The molecular formula is C12H26O3Si. The minimum absolute atomic E-state index is 0.0171. The van der Waals surface area contributed by atoms with Gasteiger partial charge >= 0.3 is 8.56 Å². The lowest BCUT2D eigenvalue weighted by Crippen LogP contribution is -2.36. The van der Waals surface area contributed by atoms with Crippen LogP contribution in [0.2, 0.25) is 12.6 Å². The van der Waals surface area contributed by atoms with E-state index in [1.54, 1.807) is 14.2 Å². The van der Waals surface area contributed by atoms with Crippen molar-refractivity contribution in [2.75, 3.05) is 20.8 Å². The van der Waals surface area contributed by atoms with Gasteiger partial charge in [-0.1, -0.05) is 27.4 Å². The molecule has 0 rings (SSSR count). The molecule has 0 aromatic rings. The number of ether oxygens (including phenoxy) is 1. The predicted octanol–water partition coefficient (Wildman–Crippen LogP) is 3.32. The van der Waals surface area contributed by atoms with Crippen LogP contribution < -0.4 is 0 Å². The molecule has 4 heteroatoms. The summed E-state index contributed by atoms with van der Waals surface area (Å²) in [5.41, 5.74) is 0.0171. The molecule has 0 heterocycles. The van der Waals surface area contributed by atoms with E-state index >= 15 is 0 Å². The van der Waals surface area contributed by atoms with E-state index in [4.69, 9.17) is 13.6 Å². The highest BCUT2D eigenvalue weighted by molar-refractivity contribution is 6.65. The highest BCUT2D eigenvalue weighted by Gasteiger charge is 2.28. The molecule has 0 aliphatic rings. The zero-order valence-corrected chi connectivity index (χ0v) is 12.6. The SMILES string of the molecule is C=C(OCCC[Si](C)(OC)OC)C(C)(C)C. The molecule has 0 saturated carbocycles. The molecular weight excluding hydrogens is 220 g/mol. The molecule has 0 spiro atoms. The van der Waals surface area contributed by atoms with Gasteiger partial charge in [0.25, 0.3) is 0 Å². The lowest BCUT2D eigenvalue weighted by Gasteiger charge is -2.24. The van der Waals surface area contributed by atoms with Gasteiger partial charge in [0.05, 0.1) is 12.4 Å². The second-order valence-electron chi connectivity index (χ2n) is 5.17. The van der Waals surface area contributed by atoms with Crippen molar-refractivity contribution in [2.45, 2.75) is 39.8 Å². The lowest BCUT2D eigenvalue weighted by atomic mass is 9.95. The largest absolute Gasteiger partial charge is 0.498 e. The Morgan fingerprint density at radius 2 is 1.69 bits per heavy atom. The molecule has 0 N–H and O–H groups in total. The van der Waals surface area contributed by atoms with E-state index in [0.29, 0.717) is 6.61 Å². The fourth-order valence-corrected chi connectivity index (χ4v) is 2.45. The lowest BCUT2D eigenvalue weighted by molar-refractivity contribution is 0.150. The van der Waals surface area contributed by atoms with Gasteiger partial charge in [-0.3, -0.25) is 0 Å². The molecule has 0 radical (unpaired) electrons. The number of rotatable bonds is 7. The molecule has 0 unspecified atom stereocenters. The number of allylic oxidation sites excluding steroid dienone is 1. The van der Waals surface area contributed by atoms with Crippen LogP contribution in [0.3, 0.4) is 0 Å². The Balaban J connectivity index is 3.81. The van der Waals surface area contributed by atoms with Crippen molar-refractivity contribution in [3.63, 3.8) is 0 Å². The van der Waals surface area contributed by atoms with Gasteiger partial charge in [0.15, 0.2) is 0 Å². The Morgan fingerprint density at radius 3 is 2.06 bits per heavy atom. The summed E-state index contributed by atoms with van der Waals surface area (Å²) in [6.45, 7) is 13.0. The maximum Gasteiger partial charge on any atom is 0.334 e. The second kappa shape index (κ2) is 6.42. The van der Waals surface area contributed by atoms with E-state index < -0.39 is 8.56 Å². The highest BCUT2D eigenvalue weighted by atomic mass is 28.4. The quantitative estimate of drug-likeness (QED) is 0.392. The van der Waals surface area contributed by atoms with Crippen LogP contribution in [0.5, 0.6) is 0 Å². The molecule has 0 saturated heterocycles. The smallest absolute Gasteiger partial charge is 0.334 e. The molecule has 0 aromatic heterocycles. The third-order valence-electron chi connectivity index (χ3n) is 2.75. The Labute approximate surface area is 101 Å². The highest BCUT2D eigenvalue weighted by Crippen LogP contribution is 2.24. The minimum Gasteiger partial charge on any atom is -0.498 e. The van der Waals surface area contributed by atoms with E-state index in [1.165, 1.54) is 0 Å². The maximum absolute atomic E-state index is 5.61. The van der Waals surface area contributed by atoms with Crippen molar-refractivity contribution in [2.24, 2.45) is 5.41 Å². The normalized spacial score (nSPS) is 12.6. The standard InChI is InChI=1S/C12H26O3Si/c1-11(12(2,3)4)15-9-8-10-16(7,13-5)14-6/h1,8-10H2,2-7H3. The fourth-order valence-electron chi connectivity index (χ4n) is 1.09. The van der Waals surface area contributed by atoms with Crippen LogP contribution in [-0.2, 0) is 13.6 Å². The molecule has 96 valence electrons. The van der Waals surface area contributed by atoms with Gasteiger partial charge in [-0.15, -0.1) is 0 Å². The van der Waals surface area contributed by atoms with Crippen molar-refractivity contribution in [3.05, 3.63) is 12.3 Å². The molecule has 0 aliphatic carbocycles. The van der Waals surface area contributed by atoms with Gasteiger partial charge in [0.2, 0.25) is 0 Å². The van der Waals surface area contributed by atoms with Crippen LogP contribution >= 0.6 is 0 Å². The van der Waals surface area contributed by atoms with E-state index in [0.717, 1.165) is 18.2 Å². The van der Waals surface area contributed by atoms with Gasteiger partial charge in [-0.2, -0.15) is 0 Å². The van der Waals surface area contributed by atoms with E-state index in [-0.39, 0.29) is 5.41 Å². The fraction of sp³-hybridized carbons (Fsp3) is 0.833. The molecule has 0 bridgehead atoms. The summed E-state index contributed by atoms with van der Waals surface area (Å²) < 4.78 is 16.4. The van der Waals surface area contributed by atoms with E-state index in [2.05, 4.69) is 33.9 Å². The Hall–Kier alpha value is -0.323. The monoisotopic (exact) mass is 246 g/mol. The van der Waals surface area contributed by atoms with Crippen molar-refractivity contribution in [1.29, 1.82) is 0 Å². The Morgan fingerprint density at radius 1 is 1.19 bits per heavy atom. The Bertz CT molecular complexity index is 217. The van der Waals surface area contributed by atoms with Gasteiger partial charge in [-0.05, 0) is 19.0 Å². The molecule has 0 atom stereocenters. The average Bonchev–Trinajstić information content (AvgIpc) is 2.22. The maximum atomic E-state index is 5.61. The number of hydrogen-bond donors (Lipinski definition) is 0. The first-order valence-electron chi connectivity index (χ1n) is 5.67. The summed E-state index contributed by atoms with van der Waals surface area (Å²) in [5, 5.41) is 0. The first-order valence-corrected chi connectivity index (χ1v) is 8.20. The third kappa shape index (κ3) is 5.68. The summed E-state index contributed by atoms with van der Waals surface area (Å²) >= 11 is 0. The van der Waals surface area contributed by atoms with Gasteiger partial charge in [0.1, 0.15) is 0 Å². The van der Waals surface area contributed by atoms with Crippen LogP contribution in [0, 0.1) is 5.41 Å². The summed E-state index contributed by atoms with van der Waals surface area (Å²) in [6.07, 6.45) is 0.944. The van der Waals surface area contributed by atoms with Gasteiger partial charge < -0.3 is 13.6 Å². The summed E-state index contributed by atoms with van der Waals surface area (Å²) in [5.74, 6) is 0.839. The zero-order chi connectivity index (χ0) is 12.8. The zero-order valence-electron chi connectivity index (χ0n) is 11.6. The molecule has 0 aliphatic heterocycles. The van der Waals surface area contributed by atoms with Crippen molar-refractivity contribution in [3.8, 4) is 0 Å². The van der Waals surface area contributed by atoms with Crippen molar-refractivity contribution >= 4 is 8.56 Å². The minimum atomic E-state index is -1.92. The molecule has 0 fully saturated rings. The average molecular weight is 246 g/mol. The Kier molecular flexibility index (Phi) is 6.29. The topological polar surface area (TPSA) is 27.7 Å². The van der Waals surface area contributed by atoms with E-state index in [9.17, 15) is 0 Å². The summed E-state index contributed by atoms with van der Waals surface area (Å²) in [6, 6.07) is 0.942. The summed E-state index contributed by atoms with van der Waals surface area (Å²) in [7, 11) is 1.50. The van der Waals surface area contributed by atoms with Crippen molar-refractivity contribution < 1.29 is 13.6 Å². The first kappa shape index (κ1) is 15.7. The molecule has 0 amide bonds. The van der Waals surface area contributed by atoms with Crippen LogP contribution in [0.4, 0.5) is 0 Å². The second-order valence-corrected chi connectivity index (χ2v) is 8.75. The van der Waals surface area contributed by atoms with Crippen molar-refractivity contribution in [1.82, 2.24) is 0 Å². The predicted molar refractivity (Wildman–Crippen MR) is 69.6 cm³/mol. The van der Waals surface area contributed by atoms with Gasteiger partial charge in [-0.25, -0.2) is 0 Å². The molecule has 0 aromatic carbocycles. The van der Waals surface area contributed by atoms with Crippen LogP contribution in [0.15, 0.2) is 12.3 Å². The number of hydrogen-bond acceptors (Lipinski definition) is 3. The first-order chi connectivity index (χ1) is 7.25. The van der Waals surface area contributed by atoms with E-state index in [1.807, 2.05) is 0 Å².